The van der Waals surface area contributed by atoms with Crippen LogP contribution in [0, 0.1) is 17.3 Å². The van der Waals surface area contributed by atoms with E-state index in [4.69, 9.17) is 0 Å². The van der Waals surface area contributed by atoms with Crippen molar-refractivity contribution >= 4 is 5.97 Å². The summed E-state index contributed by atoms with van der Waals surface area (Å²) in [5.41, 5.74) is 0.359. The van der Waals surface area contributed by atoms with Gasteiger partial charge in [-0.25, -0.2) is 0 Å². The van der Waals surface area contributed by atoms with Crippen molar-refractivity contribution in [1.29, 1.82) is 0 Å². The molecule has 21 heavy (non-hydrogen) atoms. The molecule has 0 aromatic rings. The number of carboxylic acids is 1. The van der Waals surface area contributed by atoms with Crippen LogP contribution in [0.15, 0.2) is 0 Å². The first-order valence-electron chi connectivity index (χ1n) is 8.44. The highest BCUT2D eigenvalue weighted by Crippen LogP contribution is 2.41. The van der Waals surface area contributed by atoms with E-state index in [0.29, 0.717) is 11.3 Å². The number of nitrogens with zero attached hydrogens (tertiary/aromatic N) is 2. The molecule has 0 amide bonds. The topological polar surface area (TPSA) is 43.8 Å². The third kappa shape index (κ3) is 4.19. The number of hydrogen-bond donors (Lipinski definition) is 1. The quantitative estimate of drug-likeness (QED) is 0.869. The molecule has 1 unspecified atom stereocenters. The van der Waals surface area contributed by atoms with Gasteiger partial charge in [-0.1, -0.05) is 20.8 Å². The maximum absolute atomic E-state index is 11.8. The van der Waals surface area contributed by atoms with Gasteiger partial charge in [0.05, 0.1) is 0 Å². The van der Waals surface area contributed by atoms with E-state index in [1.54, 1.807) is 0 Å². The monoisotopic (exact) mass is 296 g/mol. The fourth-order valence-electron chi connectivity index (χ4n) is 4.06. The van der Waals surface area contributed by atoms with E-state index in [1.807, 2.05) is 0 Å². The van der Waals surface area contributed by atoms with E-state index in [0.717, 1.165) is 44.9 Å². The average molecular weight is 296 g/mol. The molecule has 1 aliphatic heterocycles. The molecule has 1 heterocycles. The second-order valence-corrected chi connectivity index (χ2v) is 8.10. The second kappa shape index (κ2) is 6.66. The van der Waals surface area contributed by atoms with Crippen molar-refractivity contribution in [3.8, 4) is 0 Å². The summed E-state index contributed by atoms with van der Waals surface area (Å²) in [6.07, 6.45) is 4.52. The van der Waals surface area contributed by atoms with Gasteiger partial charge in [0.1, 0.15) is 6.04 Å². The van der Waals surface area contributed by atoms with Crippen LogP contribution in [0.5, 0.6) is 0 Å². The first-order chi connectivity index (χ1) is 9.79. The maximum Gasteiger partial charge on any atom is 0.321 e. The van der Waals surface area contributed by atoms with E-state index in [-0.39, 0.29) is 6.04 Å². The summed E-state index contributed by atoms with van der Waals surface area (Å²) in [6, 6.07) is -0.264. The Labute approximate surface area is 129 Å². The van der Waals surface area contributed by atoms with Crippen molar-refractivity contribution in [2.75, 3.05) is 33.2 Å². The minimum Gasteiger partial charge on any atom is -0.480 e. The third-order valence-corrected chi connectivity index (χ3v) is 5.63. The molecular formula is C17H32N2O2. The van der Waals surface area contributed by atoms with Gasteiger partial charge in [0.2, 0.25) is 0 Å². The fourth-order valence-corrected chi connectivity index (χ4v) is 4.06. The van der Waals surface area contributed by atoms with Crippen LogP contribution in [0.3, 0.4) is 0 Å². The number of hydrogen-bond acceptors (Lipinski definition) is 3. The second-order valence-electron chi connectivity index (χ2n) is 8.10. The van der Waals surface area contributed by atoms with Gasteiger partial charge in [0, 0.05) is 26.2 Å². The Morgan fingerprint density at radius 1 is 1.05 bits per heavy atom. The van der Waals surface area contributed by atoms with Crippen LogP contribution in [0.25, 0.3) is 0 Å². The predicted molar refractivity (Wildman–Crippen MR) is 85.4 cm³/mol. The highest BCUT2D eigenvalue weighted by Gasteiger charge is 2.39. The molecule has 4 heteroatoms. The minimum atomic E-state index is -0.612. The number of aliphatic carboxylic acids is 1. The highest BCUT2D eigenvalue weighted by atomic mass is 16.4. The molecule has 2 aliphatic rings. The molecule has 1 saturated heterocycles. The van der Waals surface area contributed by atoms with Crippen LogP contribution in [0.2, 0.25) is 0 Å². The molecule has 1 saturated carbocycles. The standard InChI is InChI=1S/C17H32N2O2/c1-17(2,3)14-7-5-13(6-8-14)15(16(20)21)19-11-9-18(4)10-12-19/h13-15H,5-12H2,1-4H3,(H,20,21). The summed E-state index contributed by atoms with van der Waals surface area (Å²) in [5.74, 6) is 0.471. The van der Waals surface area contributed by atoms with Gasteiger partial charge in [-0.2, -0.15) is 0 Å². The van der Waals surface area contributed by atoms with Crippen LogP contribution in [0.1, 0.15) is 46.5 Å². The third-order valence-electron chi connectivity index (χ3n) is 5.63. The van der Waals surface area contributed by atoms with Gasteiger partial charge in [-0.3, -0.25) is 9.69 Å². The molecule has 2 fully saturated rings. The minimum absolute atomic E-state index is 0.264. The number of likely N-dealkylation sites (N-methyl/N-ethyl adjacent to an activating group) is 1. The van der Waals surface area contributed by atoms with Crippen molar-refractivity contribution in [1.82, 2.24) is 9.80 Å². The van der Waals surface area contributed by atoms with Gasteiger partial charge >= 0.3 is 5.97 Å². The van der Waals surface area contributed by atoms with Crippen LogP contribution < -0.4 is 0 Å². The van der Waals surface area contributed by atoms with Gasteiger partial charge in [-0.15, -0.1) is 0 Å². The van der Waals surface area contributed by atoms with Gasteiger partial charge in [-0.05, 0) is 50.0 Å². The van der Waals surface area contributed by atoms with Gasteiger partial charge < -0.3 is 10.0 Å². The molecule has 2 rings (SSSR count). The Kier molecular flexibility index (Phi) is 5.31. The van der Waals surface area contributed by atoms with E-state index in [2.05, 4.69) is 37.6 Å². The summed E-state index contributed by atoms with van der Waals surface area (Å²) < 4.78 is 0. The normalized spacial score (nSPS) is 31.0. The Morgan fingerprint density at radius 3 is 2.00 bits per heavy atom. The summed E-state index contributed by atoms with van der Waals surface area (Å²) in [4.78, 5) is 16.3. The van der Waals surface area contributed by atoms with Crippen molar-refractivity contribution < 1.29 is 9.90 Å². The molecule has 1 N–H and O–H groups in total. The Morgan fingerprint density at radius 2 is 1.57 bits per heavy atom. The zero-order valence-corrected chi connectivity index (χ0v) is 14.1. The van der Waals surface area contributed by atoms with Crippen LogP contribution in [-0.4, -0.2) is 60.1 Å². The lowest BCUT2D eigenvalue weighted by atomic mass is 9.68. The van der Waals surface area contributed by atoms with Crippen molar-refractivity contribution in [2.24, 2.45) is 17.3 Å². The molecular weight excluding hydrogens is 264 g/mol. The first-order valence-corrected chi connectivity index (χ1v) is 8.44. The molecule has 0 radical (unpaired) electrons. The molecule has 0 spiro atoms. The Balaban J connectivity index is 1.96. The highest BCUT2D eigenvalue weighted by molar-refractivity contribution is 5.74. The van der Waals surface area contributed by atoms with Crippen molar-refractivity contribution in [3.05, 3.63) is 0 Å². The lowest BCUT2D eigenvalue weighted by Crippen LogP contribution is -2.54. The van der Waals surface area contributed by atoms with E-state index in [9.17, 15) is 9.90 Å². The van der Waals surface area contributed by atoms with Crippen molar-refractivity contribution in [2.45, 2.75) is 52.5 Å². The number of rotatable bonds is 3. The molecule has 122 valence electrons. The van der Waals surface area contributed by atoms with Gasteiger partial charge in [0.15, 0.2) is 0 Å². The molecule has 0 aromatic carbocycles. The largest absolute Gasteiger partial charge is 0.480 e. The number of carbonyl (C=O) groups is 1. The van der Waals surface area contributed by atoms with E-state index < -0.39 is 5.97 Å². The molecule has 0 aromatic heterocycles. The number of piperazine rings is 1. The summed E-state index contributed by atoms with van der Waals surface area (Å²) in [7, 11) is 2.11. The van der Waals surface area contributed by atoms with Crippen molar-refractivity contribution in [3.63, 3.8) is 0 Å². The summed E-state index contributed by atoms with van der Waals surface area (Å²) >= 11 is 0. The molecule has 0 bridgehead atoms. The zero-order valence-electron chi connectivity index (χ0n) is 14.1. The van der Waals surface area contributed by atoms with E-state index in [1.165, 1.54) is 12.8 Å². The SMILES string of the molecule is CN1CCN(C(C(=O)O)C2CCC(C(C)(C)C)CC2)CC1. The Hall–Kier alpha value is -0.610. The van der Waals surface area contributed by atoms with Crippen LogP contribution in [0.4, 0.5) is 0 Å². The van der Waals surface area contributed by atoms with E-state index >= 15 is 0 Å². The molecule has 4 nitrogen and oxygen atoms in total. The lowest BCUT2D eigenvalue weighted by molar-refractivity contribution is -0.147. The first kappa shape index (κ1) is 16.8. The number of carboxylic acid groups (broad SMARTS) is 1. The average Bonchev–Trinajstić information content (AvgIpc) is 2.40. The summed E-state index contributed by atoms with van der Waals surface area (Å²) in [5, 5.41) is 9.71. The lowest BCUT2D eigenvalue weighted by Gasteiger charge is -2.43. The smallest absolute Gasteiger partial charge is 0.321 e. The molecule has 1 atom stereocenters. The summed E-state index contributed by atoms with van der Waals surface area (Å²) in [6.45, 7) is 10.7. The zero-order chi connectivity index (χ0) is 15.6. The Bertz CT molecular complexity index is 348. The maximum atomic E-state index is 11.8. The predicted octanol–water partition coefficient (Wildman–Crippen LogP) is 2.54. The molecule has 1 aliphatic carbocycles. The van der Waals surface area contributed by atoms with Crippen LogP contribution >= 0.6 is 0 Å². The van der Waals surface area contributed by atoms with Gasteiger partial charge in [0.25, 0.3) is 0 Å². The fraction of sp³-hybridized carbons (Fsp3) is 0.941. The van der Waals surface area contributed by atoms with Crippen LogP contribution in [-0.2, 0) is 4.79 Å².